The van der Waals surface area contributed by atoms with Crippen LogP contribution in [0.15, 0.2) is 122 Å². The Bertz CT molecular complexity index is 1990. The smallest absolute Gasteiger partial charge is 0.137 e. The van der Waals surface area contributed by atoms with Gasteiger partial charge in [0.1, 0.15) is 23.1 Å². The van der Waals surface area contributed by atoms with E-state index < -0.39 is 0 Å². The molecule has 0 aliphatic rings. The maximum Gasteiger partial charge on any atom is 0.137 e. The summed E-state index contributed by atoms with van der Waals surface area (Å²) in [6, 6.07) is 32.0. The Morgan fingerprint density at radius 1 is 0.436 bits per heavy atom. The zero-order chi connectivity index (χ0) is 25.8. The lowest BCUT2D eigenvalue weighted by atomic mass is 10.2. The zero-order valence-electron chi connectivity index (χ0n) is 20.6. The van der Waals surface area contributed by atoms with Gasteiger partial charge in [0.25, 0.3) is 0 Å². The summed E-state index contributed by atoms with van der Waals surface area (Å²) in [6.07, 6.45) is 7.24. The molecule has 0 N–H and O–H groups in total. The van der Waals surface area contributed by atoms with Gasteiger partial charge in [-0.15, -0.1) is 0 Å². The largest absolute Gasteiger partial charge is 0.457 e. The molecule has 7 heteroatoms. The van der Waals surface area contributed by atoms with Crippen molar-refractivity contribution in [2.75, 3.05) is 0 Å². The van der Waals surface area contributed by atoms with E-state index >= 15 is 0 Å². The second kappa shape index (κ2) is 8.49. The van der Waals surface area contributed by atoms with Crippen LogP contribution in [0.2, 0.25) is 0 Å². The molecule has 8 aromatic rings. The summed E-state index contributed by atoms with van der Waals surface area (Å²) in [5, 5.41) is 2.08. The van der Waals surface area contributed by atoms with Crippen LogP contribution in [0, 0.1) is 0 Å². The number of nitrogens with zero attached hydrogens (tertiary/aromatic N) is 6. The summed E-state index contributed by atoms with van der Waals surface area (Å²) in [6.45, 7) is 0. The number of rotatable bonds is 4. The van der Waals surface area contributed by atoms with E-state index in [1.54, 1.807) is 12.4 Å². The Balaban J connectivity index is 1.29. The summed E-state index contributed by atoms with van der Waals surface area (Å²) in [5.74, 6) is 3.11. The second-order valence-corrected chi connectivity index (χ2v) is 9.25. The highest BCUT2D eigenvalue weighted by Crippen LogP contribution is 2.36. The number of fused-ring (bicyclic) bond motifs is 6. The maximum absolute atomic E-state index is 6.46. The van der Waals surface area contributed by atoms with Crippen molar-refractivity contribution >= 4 is 43.9 Å². The SMILES string of the molecule is c1ccc(-n2c3cc(Oc4ccc5c6ncccc6n(-c6ccccn6)c5c4)ccc3c3ncccc32)nc1. The van der Waals surface area contributed by atoms with E-state index in [4.69, 9.17) is 4.74 Å². The van der Waals surface area contributed by atoms with Gasteiger partial charge in [-0.05, 0) is 72.8 Å². The molecule has 0 spiro atoms. The number of ether oxygens (including phenoxy) is 1. The molecule has 8 rings (SSSR count). The average molecular weight is 505 g/mol. The predicted octanol–water partition coefficient (Wildman–Crippen LogP) is 7.25. The van der Waals surface area contributed by atoms with Gasteiger partial charge < -0.3 is 4.74 Å². The van der Waals surface area contributed by atoms with Gasteiger partial charge in [-0.2, -0.15) is 0 Å². The lowest BCUT2D eigenvalue weighted by molar-refractivity contribution is 0.484. The molecule has 184 valence electrons. The first-order valence-electron chi connectivity index (χ1n) is 12.6. The van der Waals surface area contributed by atoms with Gasteiger partial charge in [-0.1, -0.05) is 12.1 Å². The summed E-state index contributed by atoms with van der Waals surface area (Å²) >= 11 is 0. The normalized spacial score (nSPS) is 11.6. The van der Waals surface area contributed by atoms with E-state index in [9.17, 15) is 0 Å². The van der Waals surface area contributed by atoms with Gasteiger partial charge in [0.05, 0.1) is 33.1 Å². The summed E-state index contributed by atoms with van der Waals surface area (Å²) < 4.78 is 10.7. The van der Waals surface area contributed by atoms with Gasteiger partial charge in [0.2, 0.25) is 0 Å². The van der Waals surface area contributed by atoms with Crippen LogP contribution in [0.5, 0.6) is 11.5 Å². The standard InChI is InChI=1S/C32H20N6O/c1-3-15-33-29(9-1)37-25-7-5-17-35-31(25)23-13-11-21(19-27(23)37)39-22-12-14-24-28(20-22)38(30-10-2-4-16-34-30)26-8-6-18-36-32(24)26/h1-20H. The summed E-state index contributed by atoms with van der Waals surface area (Å²) in [7, 11) is 0. The van der Waals surface area contributed by atoms with E-state index in [1.165, 1.54) is 0 Å². The molecule has 7 nitrogen and oxygen atoms in total. The Morgan fingerprint density at radius 3 is 1.38 bits per heavy atom. The molecule has 39 heavy (non-hydrogen) atoms. The first kappa shape index (κ1) is 21.5. The fourth-order valence-corrected chi connectivity index (χ4v) is 5.35. The Morgan fingerprint density at radius 2 is 0.923 bits per heavy atom. The molecule has 6 heterocycles. The number of hydrogen-bond acceptors (Lipinski definition) is 5. The van der Waals surface area contributed by atoms with Gasteiger partial charge in [-0.25, -0.2) is 9.97 Å². The van der Waals surface area contributed by atoms with Crippen molar-refractivity contribution in [1.29, 1.82) is 0 Å². The van der Waals surface area contributed by atoms with Gasteiger partial charge in [0, 0.05) is 47.7 Å². The minimum Gasteiger partial charge on any atom is -0.457 e. The molecule has 0 saturated carbocycles. The van der Waals surface area contributed by atoms with Crippen molar-refractivity contribution in [3.63, 3.8) is 0 Å². The maximum atomic E-state index is 6.46. The topological polar surface area (TPSA) is 70.7 Å². The Kier molecular flexibility index (Phi) is 4.69. The molecule has 0 bridgehead atoms. The van der Waals surface area contributed by atoms with E-state index in [0.29, 0.717) is 0 Å². The van der Waals surface area contributed by atoms with Crippen molar-refractivity contribution in [2.45, 2.75) is 0 Å². The zero-order valence-corrected chi connectivity index (χ0v) is 20.6. The second-order valence-electron chi connectivity index (χ2n) is 9.25. The van der Waals surface area contributed by atoms with Crippen molar-refractivity contribution in [2.24, 2.45) is 0 Å². The van der Waals surface area contributed by atoms with Crippen LogP contribution in [0.4, 0.5) is 0 Å². The van der Waals surface area contributed by atoms with Crippen LogP contribution in [-0.2, 0) is 0 Å². The van der Waals surface area contributed by atoms with E-state index in [1.807, 2.05) is 85.2 Å². The third-order valence-corrected chi connectivity index (χ3v) is 6.98. The lowest BCUT2D eigenvalue weighted by Crippen LogP contribution is -1.97. The van der Waals surface area contributed by atoms with Crippen LogP contribution in [0.3, 0.4) is 0 Å². The molecule has 6 aromatic heterocycles. The first-order valence-corrected chi connectivity index (χ1v) is 12.6. The average Bonchev–Trinajstić information content (AvgIpc) is 3.50. The molecule has 0 saturated heterocycles. The lowest BCUT2D eigenvalue weighted by Gasteiger charge is -2.10. The van der Waals surface area contributed by atoms with Crippen molar-refractivity contribution in [1.82, 2.24) is 29.1 Å². The van der Waals surface area contributed by atoms with E-state index in [2.05, 4.69) is 53.3 Å². The molecule has 0 atom stereocenters. The van der Waals surface area contributed by atoms with Crippen LogP contribution in [0.1, 0.15) is 0 Å². The minimum absolute atomic E-state index is 0.723. The Labute approximate surface area is 222 Å². The monoisotopic (exact) mass is 504 g/mol. The molecule has 0 radical (unpaired) electrons. The van der Waals surface area contributed by atoms with Crippen molar-refractivity contribution < 1.29 is 4.74 Å². The van der Waals surface area contributed by atoms with Crippen LogP contribution in [-0.4, -0.2) is 29.1 Å². The molecular weight excluding hydrogens is 484 g/mol. The van der Waals surface area contributed by atoms with Crippen molar-refractivity contribution in [3.05, 3.63) is 122 Å². The van der Waals surface area contributed by atoms with Crippen molar-refractivity contribution in [3.8, 4) is 23.1 Å². The number of benzene rings is 2. The minimum atomic E-state index is 0.723. The quantitative estimate of drug-likeness (QED) is 0.252. The van der Waals surface area contributed by atoms with Gasteiger partial charge >= 0.3 is 0 Å². The molecular formula is C32H20N6O. The van der Waals surface area contributed by atoms with Crippen LogP contribution >= 0.6 is 0 Å². The molecule has 0 aliphatic heterocycles. The van der Waals surface area contributed by atoms with Gasteiger partial charge in [0.15, 0.2) is 0 Å². The van der Waals surface area contributed by atoms with Gasteiger partial charge in [-0.3, -0.25) is 19.1 Å². The van der Waals surface area contributed by atoms with Crippen LogP contribution < -0.4 is 4.74 Å². The third kappa shape index (κ3) is 3.37. The fraction of sp³-hybridized carbons (Fsp3) is 0. The molecule has 0 unspecified atom stereocenters. The summed E-state index contributed by atoms with van der Waals surface area (Å²) in [4.78, 5) is 18.5. The molecule has 0 amide bonds. The molecule has 0 fully saturated rings. The Hall–Kier alpha value is -5.56. The number of hydrogen-bond donors (Lipinski definition) is 0. The van der Waals surface area contributed by atoms with Crippen LogP contribution in [0.25, 0.3) is 55.5 Å². The van der Waals surface area contributed by atoms with E-state index in [-0.39, 0.29) is 0 Å². The van der Waals surface area contributed by atoms with E-state index in [0.717, 1.165) is 67.0 Å². The highest BCUT2D eigenvalue weighted by atomic mass is 16.5. The fourth-order valence-electron chi connectivity index (χ4n) is 5.35. The number of pyridine rings is 4. The third-order valence-electron chi connectivity index (χ3n) is 6.98. The highest BCUT2D eigenvalue weighted by Gasteiger charge is 2.17. The highest BCUT2D eigenvalue weighted by molar-refractivity contribution is 6.08. The number of aromatic nitrogens is 6. The predicted molar refractivity (Wildman–Crippen MR) is 153 cm³/mol. The molecule has 0 aliphatic carbocycles. The summed E-state index contributed by atoms with van der Waals surface area (Å²) in [5.41, 5.74) is 5.81. The first-order chi connectivity index (χ1) is 19.3. The molecule has 2 aromatic carbocycles.